The summed E-state index contributed by atoms with van der Waals surface area (Å²) in [5.74, 6) is 0.942. The molecule has 0 aliphatic carbocycles. The molecule has 0 N–H and O–H groups in total. The van der Waals surface area contributed by atoms with Gasteiger partial charge in [-0.15, -0.1) is 0 Å². The van der Waals surface area contributed by atoms with Gasteiger partial charge in [-0.05, 0) is 68.1 Å². The number of nitrogens with zero attached hydrogens (tertiary/aromatic N) is 2. The lowest BCUT2D eigenvalue weighted by Gasteiger charge is -2.16. The van der Waals surface area contributed by atoms with Gasteiger partial charge in [0.05, 0.1) is 11.0 Å². The Morgan fingerprint density at radius 2 is 0.864 bits per heavy atom. The second-order valence-corrected chi connectivity index (χ2v) is 11.6. The molecule has 0 atom stereocenters. The zero-order valence-electron chi connectivity index (χ0n) is 24.3. The van der Waals surface area contributed by atoms with E-state index in [1.165, 1.54) is 59.8 Å². The standard InChI is InChI=1S/C42H28N2/c1-27-31-15-5-9-19-35(31)39(36-20-10-6-16-32(27)36)28-23-25-29(26-24-28)42-43-40-37-21-11-7-17-33(37)34-18-8-12-22-38(34)41(40)44(42)30-13-3-2-4-14-30/h2-26H,1H3. The van der Waals surface area contributed by atoms with Gasteiger partial charge in [-0.25, -0.2) is 4.98 Å². The quantitative estimate of drug-likeness (QED) is 0.155. The second-order valence-electron chi connectivity index (χ2n) is 11.6. The first-order valence-electron chi connectivity index (χ1n) is 15.2. The van der Waals surface area contributed by atoms with Crippen LogP contribution >= 0.6 is 0 Å². The predicted molar refractivity (Wildman–Crippen MR) is 187 cm³/mol. The number of aromatic nitrogens is 2. The van der Waals surface area contributed by atoms with Crippen molar-refractivity contribution >= 4 is 54.1 Å². The number of hydrogen-bond acceptors (Lipinski definition) is 1. The van der Waals surface area contributed by atoms with Gasteiger partial charge < -0.3 is 0 Å². The number of hydrogen-bond donors (Lipinski definition) is 0. The van der Waals surface area contributed by atoms with Crippen LogP contribution in [-0.4, -0.2) is 9.55 Å². The van der Waals surface area contributed by atoms with Crippen molar-refractivity contribution in [2.75, 3.05) is 0 Å². The number of aryl methyl sites for hydroxylation is 1. The molecule has 0 unspecified atom stereocenters. The van der Waals surface area contributed by atoms with Gasteiger partial charge in [0, 0.05) is 22.0 Å². The molecule has 1 heterocycles. The minimum Gasteiger partial charge on any atom is -0.292 e. The lowest BCUT2D eigenvalue weighted by atomic mass is 9.89. The van der Waals surface area contributed by atoms with E-state index >= 15 is 0 Å². The highest BCUT2D eigenvalue weighted by atomic mass is 15.1. The van der Waals surface area contributed by atoms with E-state index in [-0.39, 0.29) is 0 Å². The Kier molecular flexibility index (Phi) is 5.45. The summed E-state index contributed by atoms with van der Waals surface area (Å²) in [6, 6.07) is 54.5. The molecule has 44 heavy (non-hydrogen) atoms. The van der Waals surface area contributed by atoms with Crippen LogP contribution in [0.2, 0.25) is 0 Å². The Bertz CT molecular complexity index is 2480. The van der Waals surface area contributed by atoms with Crippen LogP contribution in [0.3, 0.4) is 0 Å². The molecule has 0 saturated heterocycles. The topological polar surface area (TPSA) is 17.8 Å². The van der Waals surface area contributed by atoms with E-state index in [0.717, 1.165) is 28.1 Å². The summed E-state index contributed by atoms with van der Waals surface area (Å²) < 4.78 is 2.34. The Hall–Kier alpha value is -5.73. The third-order valence-corrected chi connectivity index (χ3v) is 9.18. The fraction of sp³-hybridized carbons (Fsp3) is 0.0238. The molecule has 2 heteroatoms. The fourth-order valence-electron chi connectivity index (χ4n) is 7.17. The summed E-state index contributed by atoms with van der Waals surface area (Å²) in [6.07, 6.45) is 0. The molecule has 9 rings (SSSR count). The van der Waals surface area contributed by atoms with Crippen molar-refractivity contribution in [1.29, 1.82) is 0 Å². The van der Waals surface area contributed by atoms with Crippen LogP contribution in [0.25, 0.3) is 82.3 Å². The summed E-state index contributed by atoms with van der Waals surface area (Å²) in [6.45, 7) is 2.24. The largest absolute Gasteiger partial charge is 0.292 e. The van der Waals surface area contributed by atoms with E-state index in [0.29, 0.717) is 0 Å². The molecular weight excluding hydrogens is 532 g/mol. The maximum Gasteiger partial charge on any atom is 0.145 e. The molecule has 2 nitrogen and oxygen atoms in total. The van der Waals surface area contributed by atoms with Crippen molar-refractivity contribution in [3.05, 3.63) is 157 Å². The highest BCUT2D eigenvalue weighted by Crippen LogP contribution is 2.41. The summed E-state index contributed by atoms with van der Waals surface area (Å²) in [5.41, 5.74) is 8.17. The monoisotopic (exact) mass is 560 g/mol. The van der Waals surface area contributed by atoms with Crippen LogP contribution in [0.1, 0.15) is 5.56 Å². The molecular formula is C42H28N2. The van der Waals surface area contributed by atoms with E-state index in [9.17, 15) is 0 Å². The first-order chi connectivity index (χ1) is 21.8. The summed E-state index contributed by atoms with van der Waals surface area (Å²) in [4.78, 5) is 5.41. The maximum absolute atomic E-state index is 5.41. The number of rotatable bonds is 3. The van der Waals surface area contributed by atoms with Gasteiger partial charge in [0.15, 0.2) is 0 Å². The van der Waals surface area contributed by atoms with E-state index in [2.05, 4.69) is 163 Å². The third kappa shape index (κ3) is 3.58. The van der Waals surface area contributed by atoms with Crippen LogP contribution in [0.5, 0.6) is 0 Å². The minimum atomic E-state index is 0.942. The molecule has 0 amide bonds. The molecule has 8 aromatic carbocycles. The molecule has 9 aromatic rings. The Labute approximate surface area is 255 Å². The fourth-order valence-corrected chi connectivity index (χ4v) is 7.17. The van der Waals surface area contributed by atoms with E-state index in [1.54, 1.807) is 0 Å². The Morgan fingerprint density at radius 1 is 0.409 bits per heavy atom. The second kappa shape index (κ2) is 9.65. The lowest BCUT2D eigenvalue weighted by molar-refractivity contribution is 1.11. The maximum atomic E-state index is 5.41. The molecule has 0 aliphatic heterocycles. The smallest absolute Gasteiger partial charge is 0.145 e. The van der Waals surface area contributed by atoms with Crippen LogP contribution < -0.4 is 0 Å². The average Bonchev–Trinajstić information content (AvgIpc) is 3.51. The SMILES string of the molecule is Cc1c2ccccc2c(-c2ccc(-c3nc4c5ccccc5c5ccccc5c4n3-c3ccccc3)cc2)c2ccccc12. The van der Waals surface area contributed by atoms with Crippen molar-refractivity contribution in [2.24, 2.45) is 0 Å². The van der Waals surface area contributed by atoms with Gasteiger partial charge in [0.1, 0.15) is 5.82 Å². The van der Waals surface area contributed by atoms with Crippen molar-refractivity contribution in [1.82, 2.24) is 9.55 Å². The summed E-state index contributed by atoms with van der Waals surface area (Å²) in [5, 5.41) is 10.0. The molecule has 0 radical (unpaired) electrons. The molecule has 0 aliphatic rings. The van der Waals surface area contributed by atoms with Crippen molar-refractivity contribution in [2.45, 2.75) is 6.92 Å². The Morgan fingerprint density at radius 3 is 1.48 bits per heavy atom. The number of benzene rings is 8. The van der Waals surface area contributed by atoms with Crippen molar-refractivity contribution in [3.8, 4) is 28.2 Å². The normalized spacial score (nSPS) is 11.8. The van der Waals surface area contributed by atoms with E-state index in [4.69, 9.17) is 4.98 Å². The molecule has 0 spiro atoms. The van der Waals surface area contributed by atoms with Gasteiger partial charge in [-0.2, -0.15) is 0 Å². The first kappa shape index (κ1) is 24.8. The third-order valence-electron chi connectivity index (χ3n) is 9.18. The van der Waals surface area contributed by atoms with Gasteiger partial charge in [0.25, 0.3) is 0 Å². The number of fused-ring (bicyclic) bond motifs is 8. The average molecular weight is 561 g/mol. The minimum absolute atomic E-state index is 0.942. The first-order valence-corrected chi connectivity index (χ1v) is 15.2. The van der Waals surface area contributed by atoms with Gasteiger partial charge in [0.2, 0.25) is 0 Å². The highest BCUT2D eigenvalue weighted by Gasteiger charge is 2.20. The Balaban J connectivity index is 1.33. The summed E-state index contributed by atoms with van der Waals surface area (Å²) >= 11 is 0. The molecule has 0 bridgehead atoms. The highest BCUT2D eigenvalue weighted by molar-refractivity contribution is 6.24. The zero-order valence-corrected chi connectivity index (χ0v) is 24.3. The van der Waals surface area contributed by atoms with Crippen LogP contribution in [-0.2, 0) is 0 Å². The number of para-hydroxylation sites is 1. The van der Waals surface area contributed by atoms with Crippen LogP contribution in [0, 0.1) is 6.92 Å². The van der Waals surface area contributed by atoms with Crippen LogP contribution in [0.4, 0.5) is 0 Å². The zero-order chi connectivity index (χ0) is 29.2. The van der Waals surface area contributed by atoms with Crippen molar-refractivity contribution in [3.63, 3.8) is 0 Å². The lowest BCUT2D eigenvalue weighted by Crippen LogP contribution is -1.98. The number of imidazole rings is 1. The van der Waals surface area contributed by atoms with Crippen LogP contribution in [0.15, 0.2) is 152 Å². The van der Waals surface area contributed by atoms with Gasteiger partial charge >= 0.3 is 0 Å². The molecule has 0 fully saturated rings. The van der Waals surface area contributed by atoms with Gasteiger partial charge in [-0.3, -0.25) is 4.57 Å². The molecule has 206 valence electrons. The predicted octanol–water partition coefficient (Wildman–Crippen LogP) is 11.3. The molecule has 1 aromatic heterocycles. The summed E-state index contributed by atoms with van der Waals surface area (Å²) in [7, 11) is 0. The van der Waals surface area contributed by atoms with Crippen molar-refractivity contribution < 1.29 is 0 Å². The van der Waals surface area contributed by atoms with Gasteiger partial charge in [-0.1, -0.05) is 140 Å². The van der Waals surface area contributed by atoms with E-state index < -0.39 is 0 Å². The molecule has 0 saturated carbocycles. The van der Waals surface area contributed by atoms with E-state index in [1.807, 2.05) is 0 Å².